The summed E-state index contributed by atoms with van der Waals surface area (Å²) in [6, 6.07) is 13.6. The number of aromatic nitrogens is 2. The minimum atomic E-state index is 0.699. The second-order valence-corrected chi connectivity index (χ2v) is 3.18. The molecule has 1 aromatic heterocycles. The summed E-state index contributed by atoms with van der Waals surface area (Å²) in [4.78, 5) is 0. The molecule has 0 atom stereocenters. The van der Waals surface area contributed by atoms with Crippen molar-refractivity contribution in [2.75, 3.05) is 0 Å². The summed E-state index contributed by atoms with van der Waals surface area (Å²) in [5.41, 5.74) is 2.59. The van der Waals surface area contributed by atoms with E-state index >= 15 is 0 Å². The number of hydrogen-bond acceptors (Lipinski definition) is 2. The molecular formula is C15H16N2. The van der Waals surface area contributed by atoms with Gasteiger partial charge in [-0.2, -0.15) is 5.10 Å². The Labute approximate surface area is 103 Å². The summed E-state index contributed by atoms with van der Waals surface area (Å²) >= 11 is 0. The van der Waals surface area contributed by atoms with Gasteiger partial charge < -0.3 is 0 Å². The van der Waals surface area contributed by atoms with Gasteiger partial charge in [0, 0.05) is 5.56 Å². The highest BCUT2D eigenvalue weighted by atomic mass is 15.1. The maximum atomic E-state index is 3.97. The summed E-state index contributed by atoms with van der Waals surface area (Å²) in [7, 11) is 0. The third kappa shape index (κ3) is 4.48. The van der Waals surface area contributed by atoms with Gasteiger partial charge in [0.15, 0.2) is 0 Å². The molecule has 2 nitrogen and oxygen atoms in total. The molecular weight excluding hydrogens is 208 g/mol. The second-order valence-electron chi connectivity index (χ2n) is 3.18. The number of benzene rings is 1. The zero-order valence-electron chi connectivity index (χ0n) is 10.4. The first-order chi connectivity index (χ1) is 8.34. The van der Waals surface area contributed by atoms with Gasteiger partial charge in [-0.25, -0.2) is 0 Å². The Morgan fingerprint density at radius 1 is 0.824 bits per heavy atom. The lowest BCUT2D eigenvalue weighted by molar-refractivity contribution is 0.967. The van der Waals surface area contributed by atoms with Crippen molar-refractivity contribution in [3.05, 3.63) is 59.4 Å². The normalized spacial score (nSPS) is 8.41. The van der Waals surface area contributed by atoms with E-state index in [1.807, 2.05) is 63.2 Å². The Bertz CT molecular complexity index is 490. The second kappa shape index (κ2) is 7.19. The van der Waals surface area contributed by atoms with E-state index in [1.165, 1.54) is 0 Å². The molecule has 0 aliphatic rings. The summed E-state index contributed by atoms with van der Waals surface area (Å²) in [5.74, 6) is 5.99. The van der Waals surface area contributed by atoms with Gasteiger partial charge in [-0.05, 0) is 37.1 Å². The first kappa shape index (κ1) is 12.9. The average molecular weight is 224 g/mol. The van der Waals surface area contributed by atoms with Crippen LogP contribution in [0.5, 0.6) is 0 Å². The SMILES string of the molecule is CC.Cc1ccc(C#Cc2ccccc2)nn1. The fraction of sp³-hybridized carbons (Fsp3) is 0.200. The summed E-state index contributed by atoms with van der Waals surface area (Å²) in [6.07, 6.45) is 0. The Hall–Kier alpha value is -2.14. The van der Waals surface area contributed by atoms with Gasteiger partial charge in [0.05, 0.1) is 5.69 Å². The predicted molar refractivity (Wildman–Crippen MR) is 70.5 cm³/mol. The topological polar surface area (TPSA) is 25.8 Å². The fourth-order valence-electron chi connectivity index (χ4n) is 1.12. The molecule has 0 saturated carbocycles. The van der Waals surface area contributed by atoms with Crippen LogP contribution >= 0.6 is 0 Å². The molecule has 1 heterocycles. The minimum absolute atomic E-state index is 0.699. The number of hydrogen-bond donors (Lipinski definition) is 0. The number of rotatable bonds is 0. The van der Waals surface area contributed by atoms with Gasteiger partial charge in [0.25, 0.3) is 0 Å². The predicted octanol–water partition coefficient (Wildman–Crippen LogP) is 3.21. The molecule has 0 N–H and O–H groups in total. The highest BCUT2D eigenvalue weighted by Crippen LogP contribution is 1.97. The highest BCUT2D eigenvalue weighted by molar-refractivity contribution is 5.39. The zero-order valence-corrected chi connectivity index (χ0v) is 10.4. The zero-order chi connectivity index (χ0) is 12.5. The first-order valence-electron chi connectivity index (χ1n) is 5.72. The minimum Gasteiger partial charge on any atom is -0.155 e. The first-order valence-corrected chi connectivity index (χ1v) is 5.72. The van der Waals surface area contributed by atoms with Crippen molar-refractivity contribution in [3.8, 4) is 11.8 Å². The Kier molecular flexibility index (Phi) is 5.46. The van der Waals surface area contributed by atoms with Crippen LogP contribution in [-0.4, -0.2) is 10.2 Å². The molecule has 2 aromatic rings. The van der Waals surface area contributed by atoms with Gasteiger partial charge in [0.1, 0.15) is 5.69 Å². The van der Waals surface area contributed by atoms with Crippen molar-refractivity contribution in [1.29, 1.82) is 0 Å². The van der Waals surface area contributed by atoms with E-state index in [-0.39, 0.29) is 0 Å². The quantitative estimate of drug-likeness (QED) is 0.642. The Morgan fingerprint density at radius 2 is 1.53 bits per heavy atom. The molecule has 0 bridgehead atoms. The lowest BCUT2D eigenvalue weighted by Gasteiger charge is -1.89. The Balaban J connectivity index is 0.000000686. The van der Waals surface area contributed by atoms with Crippen LogP contribution in [0.1, 0.15) is 30.8 Å². The molecule has 0 unspecified atom stereocenters. The maximum absolute atomic E-state index is 3.97. The molecule has 17 heavy (non-hydrogen) atoms. The van der Waals surface area contributed by atoms with E-state index in [9.17, 15) is 0 Å². The van der Waals surface area contributed by atoms with Crippen LogP contribution in [0, 0.1) is 18.8 Å². The van der Waals surface area contributed by atoms with Gasteiger partial charge >= 0.3 is 0 Å². The lowest BCUT2D eigenvalue weighted by Crippen LogP contribution is -1.88. The van der Waals surface area contributed by atoms with Crippen molar-refractivity contribution in [3.63, 3.8) is 0 Å². The third-order valence-corrected chi connectivity index (χ3v) is 1.91. The van der Waals surface area contributed by atoms with E-state index in [4.69, 9.17) is 0 Å². The van der Waals surface area contributed by atoms with Crippen LogP contribution in [0.2, 0.25) is 0 Å². The van der Waals surface area contributed by atoms with Crippen LogP contribution in [0.25, 0.3) is 0 Å². The molecule has 0 aliphatic carbocycles. The van der Waals surface area contributed by atoms with E-state index in [0.29, 0.717) is 5.69 Å². The van der Waals surface area contributed by atoms with Crippen molar-refractivity contribution >= 4 is 0 Å². The molecule has 1 aromatic carbocycles. The van der Waals surface area contributed by atoms with Crippen LogP contribution < -0.4 is 0 Å². The van der Waals surface area contributed by atoms with Crippen LogP contribution in [0.3, 0.4) is 0 Å². The van der Waals surface area contributed by atoms with Crippen LogP contribution in [0.4, 0.5) is 0 Å². The van der Waals surface area contributed by atoms with E-state index in [0.717, 1.165) is 11.3 Å². The van der Waals surface area contributed by atoms with E-state index in [1.54, 1.807) is 0 Å². The Morgan fingerprint density at radius 3 is 2.12 bits per heavy atom. The molecule has 0 spiro atoms. The molecule has 0 radical (unpaired) electrons. The molecule has 2 heteroatoms. The lowest BCUT2D eigenvalue weighted by atomic mass is 10.2. The smallest absolute Gasteiger partial charge is 0.136 e. The molecule has 0 saturated heterocycles. The standard InChI is InChI=1S/C13H10N2.C2H6/c1-11-7-9-13(15-14-11)10-8-12-5-3-2-4-6-12;1-2/h2-7,9H,1H3;1-2H3. The van der Waals surface area contributed by atoms with Crippen molar-refractivity contribution in [2.45, 2.75) is 20.8 Å². The van der Waals surface area contributed by atoms with Crippen molar-refractivity contribution < 1.29 is 0 Å². The van der Waals surface area contributed by atoms with Crippen LogP contribution in [-0.2, 0) is 0 Å². The average Bonchev–Trinajstić information content (AvgIpc) is 2.42. The maximum Gasteiger partial charge on any atom is 0.136 e. The number of aryl methyl sites for hydroxylation is 1. The van der Waals surface area contributed by atoms with Crippen molar-refractivity contribution in [2.24, 2.45) is 0 Å². The summed E-state index contributed by atoms with van der Waals surface area (Å²) < 4.78 is 0. The van der Waals surface area contributed by atoms with Crippen LogP contribution in [0.15, 0.2) is 42.5 Å². The molecule has 86 valence electrons. The van der Waals surface area contributed by atoms with E-state index in [2.05, 4.69) is 22.0 Å². The van der Waals surface area contributed by atoms with Gasteiger partial charge in [-0.1, -0.05) is 38.0 Å². The van der Waals surface area contributed by atoms with Crippen molar-refractivity contribution in [1.82, 2.24) is 10.2 Å². The van der Waals surface area contributed by atoms with Gasteiger partial charge in [0.2, 0.25) is 0 Å². The molecule has 0 fully saturated rings. The fourth-order valence-corrected chi connectivity index (χ4v) is 1.12. The number of nitrogens with zero attached hydrogens (tertiary/aromatic N) is 2. The third-order valence-electron chi connectivity index (χ3n) is 1.91. The monoisotopic (exact) mass is 224 g/mol. The summed E-state index contributed by atoms with van der Waals surface area (Å²) in [6.45, 7) is 5.90. The molecule has 0 aliphatic heterocycles. The van der Waals surface area contributed by atoms with E-state index < -0.39 is 0 Å². The largest absolute Gasteiger partial charge is 0.155 e. The highest BCUT2D eigenvalue weighted by Gasteiger charge is 1.88. The van der Waals surface area contributed by atoms with Gasteiger partial charge in [-0.15, -0.1) is 5.10 Å². The molecule has 2 rings (SSSR count). The molecule has 0 amide bonds. The summed E-state index contributed by atoms with van der Waals surface area (Å²) in [5, 5.41) is 7.91. The van der Waals surface area contributed by atoms with Gasteiger partial charge in [-0.3, -0.25) is 0 Å².